The van der Waals surface area contributed by atoms with Crippen LogP contribution in [0.3, 0.4) is 0 Å². The number of carboxylic acid groups (broad SMARTS) is 1. The van der Waals surface area contributed by atoms with Crippen molar-refractivity contribution in [3.63, 3.8) is 0 Å². The second kappa shape index (κ2) is 6.06. The molecule has 1 rings (SSSR count). The zero-order chi connectivity index (χ0) is 14.6. The predicted molar refractivity (Wildman–Crippen MR) is 63.9 cm³/mol. The van der Waals surface area contributed by atoms with Crippen LogP contribution in [0.25, 0.3) is 0 Å². The number of rotatable bonds is 8. The smallest absolute Gasteiger partial charge is 0.340 e. The SMILES string of the molecule is CSCC(O[N+](=O)[O-])C(N)(C(=O)O)C(=O)OC1CC1. The van der Waals surface area contributed by atoms with E-state index >= 15 is 0 Å². The second-order valence-electron chi connectivity index (χ2n) is 4.05. The van der Waals surface area contributed by atoms with E-state index in [0.717, 1.165) is 11.8 Å². The van der Waals surface area contributed by atoms with Gasteiger partial charge in [0.05, 0.1) is 0 Å². The van der Waals surface area contributed by atoms with Gasteiger partial charge in [-0.1, -0.05) is 0 Å². The van der Waals surface area contributed by atoms with Crippen LogP contribution in [0.4, 0.5) is 0 Å². The highest BCUT2D eigenvalue weighted by Gasteiger charge is 2.54. The third-order valence-corrected chi connectivity index (χ3v) is 3.17. The lowest BCUT2D eigenvalue weighted by Crippen LogP contribution is -2.65. The summed E-state index contributed by atoms with van der Waals surface area (Å²) >= 11 is 1.07. The molecule has 0 spiro atoms. The van der Waals surface area contributed by atoms with Crippen molar-refractivity contribution in [3.8, 4) is 0 Å². The molecule has 2 unspecified atom stereocenters. The van der Waals surface area contributed by atoms with Crippen LogP contribution in [0.2, 0.25) is 0 Å². The molecule has 0 aromatic rings. The van der Waals surface area contributed by atoms with Gasteiger partial charge in [-0.2, -0.15) is 11.8 Å². The Bertz CT molecular complexity index is 387. The van der Waals surface area contributed by atoms with Crippen LogP contribution in [0.1, 0.15) is 12.8 Å². The van der Waals surface area contributed by atoms with Gasteiger partial charge in [0.25, 0.3) is 5.09 Å². The van der Waals surface area contributed by atoms with Crippen molar-refractivity contribution in [2.75, 3.05) is 12.0 Å². The van der Waals surface area contributed by atoms with Crippen LogP contribution in [0.15, 0.2) is 0 Å². The molecular formula is C9H14N2O7S. The molecule has 0 aromatic carbocycles. The minimum absolute atomic E-state index is 0.135. The Hall–Kier alpha value is -1.55. The minimum Gasteiger partial charge on any atom is -0.479 e. The molecule has 1 fully saturated rings. The van der Waals surface area contributed by atoms with E-state index in [0.29, 0.717) is 12.8 Å². The number of hydrogen-bond donors (Lipinski definition) is 2. The Morgan fingerprint density at radius 3 is 2.58 bits per heavy atom. The fourth-order valence-electron chi connectivity index (χ4n) is 1.29. The van der Waals surface area contributed by atoms with Crippen molar-refractivity contribution in [2.45, 2.75) is 30.6 Å². The molecule has 0 amide bonds. The summed E-state index contributed by atoms with van der Waals surface area (Å²) in [5.74, 6) is -3.08. The molecule has 1 aliphatic carbocycles. The van der Waals surface area contributed by atoms with Gasteiger partial charge in [0.15, 0.2) is 6.10 Å². The summed E-state index contributed by atoms with van der Waals surface area (Å²) in [5, 5.41) is 18.3. The third-order valence-electron chi connectivity index (χ3n) is 2.53. The molecule has 0 aliphatic heterocycles. The average molecular weight is 294 g/mol. The molecule has 0 saturated heterocycles. The van der Waals surface area contributed by atoms with E-state index in [1.54, 1.807) is 6.26 Å². The number of nitrogens with zero attached hydrogens (tertiary/aromatic N) is 1. The van der Waals surface area contributed by atoms with E-state index in [2.05, 4.69) is 4.84 Å². The number of carbonyl (C=O) groups is 2. The molecule has 1 aliphatic rings. The molecule has 3 N–H and O–H groups in total. The molecule has 0 radical (unpaired) electrons. The fourth-order valence-corrected chi connectivity index (χ4v) is 1.92. The van der Waals surface area contributed by atoms with Crippen molar-refractivity contribution in [3.05, 3.63) is 10.1 Å². The van der Waals surface area contributed by atoms with Crippen molar-refractivity contribution >= 4 is 23.7 Å². The quantitative estimate of drug-likeness (QED) is 0.260. The first-order valence-electron chi connectivity index (χ1n) is 5.35. The first-order chi connectivity index (χ1) is 8.82. The van der Waals surface area contributed by atoms with Gasteiger partial charge in [0.1, 0.15) is 6.10 Å². The summed E-state index contributed by atoms with van der Waals surface area (Å²) < 4.78 is 4.84. The van der Waals surface area contributed by atoms with Gasteiger partial charge in [-0.15, -0.1) is 10.1 Å². The number of ether oxygens (including phenoxy) is 1. The Morgan fingerprint density at radius 1 is 1.63 bits per heavy atom. The van der Waals surface area contributed by atoms with Crippen LogP contribution < -0.4 is 5.73 Å². The van der Waals surface area contributed by atoms with Crippen molar-refractivity contribution in [2.24, 2.45) is 5.73 Å². The number of aliphatic carboxylic acids is 1. The van der Waals surface area contributed by atoms with Crippen molar-refractivity contribution in [1.29, 1.82) is 0 Å². The minimum atomic E-state index is -2.60. The maximum Gasteiger partial charge on any atom is 0.340 e. The lowest BCUT2D eigenvalue weighted by molar-refractivity contribution is -0.768. The van der Waals surface area contributed by atoms with Gasteiger partial charge in [0, 0.05) is 5.75 Å². The molecule has 0 heterocycles. The van der Waals surface area contributed by atoms with Crippen LogP contribution in [-0.2, 0) is 19.2 Å². The molecule has 9 nitrogen and oxygen atoms in total. The number of carboxylic acids is 1. The van der Waals surface area contributed by atoms with Gasteiger partial charge >= 0.3 is 11.9 Å². The highest BCUT2D eigenvalue weighted by molar-refractivity contribution is 7.98. The van der Waals surface area contributed by atoms with E-state index in [1.165, 1.54) is 0 Å². The third kappa shape index (κ3) is 3.70. The van der Waals surface area contributed by atoms with Gasteiger partial charge < -0.3 is 20.4 Å². The average Bonchev–Trinajstić information content (AvgIpc) is 3.10. The molecular weight excluding hydrogens is 280 g/mol. The Labute approximate surface area is 112 Å². The molecule has 2 atom stereocenters. The number of hydrogen-bond acceptors (Lipinski definition) is 8. The number of carbonyl (C=O) groups excluding carboxylic acids is 1. The van der Waals surface area contributed by atoms with E-state index in [-0.39, 0.29) is 11.9 Å². The summed E-state index contributed by atoms with van der Waals surface area (Å²) in [6.45, 7) is 0. The molecule has 0 aromatic heterocycles. The van der Waals surface area contributed by atoms with Crippen molar-refractivity contribution < 1.29 is 29.4 Å². The topological polar surface area (TPSA) is 142 Å². The van der Waals surface area contributed by atoms with Crippen LogP contribution >= 0.6 is 11.8 Å². The second-order valence-corrected chi connectivity index (χ2v) is 4.96. The van der Waals surface area contributed by atoms with E-state index < -0.39 is 28.7 Å². The van der Waals surface area contributed by atoms with E-state index in [1.807, 2.05) is 0 Å². The molecule has 1 saturated carbocycles. The largest absolute Gasteiger partial charge is 0.479 e. The maximum absolute atomic E-state index is 11.8. The number of nitrogens with two attached hydrogens (primary N) is 1. The number of thioether (sulfide) groups is 1. The zero-order valence-electron chi connectivity index (χ0n) is 10.1. The summed E-state index contributed by atoms with van der Waals surface area (Å²) in [5.41, 5.74) is 2.92. The summed E-state index contributed by atoms with van der Waals surface area (Å²) in [6.07, 6.45) is 0.849. The maximum atomic E-state index is 11.8. The Balaban J connectivity index is 2.94. The lowest BCUT2D eigenvalue weighted by Gasteiger charge is -2.29. The monoisotopic (exact) mass is 294 g/mol. The summed E-state index contributed by atoms with van der Waals surface area (Å²) in [7, 11) is 0. The molecule has 108 valence electrons. The predicted octanol–water partition coefficient (Wildman–Crippen LogP) is -0.586. The normalized spacial score (nSPS) is 19.1. The van der Waals surface area contributed by atoms with Crippen LogP contribution in [-0.4, -0.2) is 51.9 Å². The van der Waals surface area contributed by atoms with Gasteiger partial charge in [-0.25, -0.2) is 9.59 Å². The molecule has 10 heteroatoms. The Kier molecular flexibility index (Phi) is 4.95. The number of esters is 1. The first-order valence-corrected chi connectivity index (χ1v) is 6.75. The highest BCUT2D eigenvalue weighted by atomic mass is 32.2. The zero-order valence-corrected chi connectivity index (χ0v) is 10.9. The van der Waals surface area contributed by atoms with Crippen LogP contribution in [0, 0.1) is 10.1 Å². The van der Waals surface area contributed by atoms with Crippen LogP contribution in [0.5, 0.6) is 0 Å². The van der Waals surface area contributed by atoms with E-state index in [4.69, 9.17) is 15.6 Å². The first kappa shape index (κ1) is 15.5. The summed E-state index contributed by atoms with van der Waals surface area (Å²) in [6, 6.07) is 0. The van der Waals surface area contributed by atoms with Gasteiger partial charge in [-0.3, -0.25) is 0 Å². The van der Waals surface area contributed by atoms with E-state index in [9.17, 15) is 19.7 Å². The molecule has 19 heavy (non-hydrogen) atoms. The standard InChI is InChI=1S/C9H14N2O7S/c1-19-4-6(18-11(15)16)9(10,7(12)13)8(14)17-5-2-3-5/h5-6H,2-4,10H2,1H3,(H,12,13). The molecule has 0 bridgehead atoms. The van der Waals surface area contributed by atoms with Gasteiger partial charge in [-0.05, 0) is 19.1 Å². The fraction of sp³-hybridized carbons (Fsp3) is 0.778. The van der Waals surface area contributed by atoms with Gasteiger partial charge in [0.2, 0.25) is 5.54 Å². The summed E-state index contributed by atoms with van der Waals surface area (Å²) in [4.78, 5) is 37.7. The Morgan fingerprint density at radius 2 is 2.21 bits per heavy atom. The lowest BCUT2D eigenvalue weighted by atomic mass is 9.95. The highest BCUT2D eigenvalue weighted by Crippen LogP contribution is 2.27. The van der Waals surface area contributed by atoms with Crippen molar-refractivity contribution in [1.82, 2.24) is 0 Å².